The molecule has 0 saturated heterocycles. The second-order valence-electron chi connectivity index (χ2n) is 6.60. The van der Waals surface area contributed by atoms with Crippen molar-refractivity contribution in [2.45, 2.75) is 39.0 Å². The Balaban J connectivity index is 1.86. The number of hydrogen-bond donors (Lipinski definition) is 0. The van der Waals surface area contributed by atoms with Crippen LogP contribution in [0.1, 0.15) is 38.3 Å². The largest absolute Gasteiger partial charge is 0.497 e. The molecule has 3 nitrogen and oxygen atoms in total. The zero-order chi connectivity index (χ0) is 16.9. The number of ether oxygens (including phenoxy) is 2. The lowest BCUT2D eigenvalue weighted by Crippen LogP contribution is -2.12. The van der Waals surface area contributed by atoms with E-state index in [0.717, 1.165) is 11.3 Å². The highest BCUT2D eigenvalue weighted by atomic mass is 16.5. The van der Waals surface area contributed by atoms with Crippen LogP contribution in [0.3, 0.4) is 0 Å². The first-order valence-electron chi connectivity index (χ1n) is 7.82. The number of carbonyl (C=O) groups is 1. The van der Waals surface area contributed by atoms with E-state index in [9.17, 15) is 4.79 Å². The van der Waals surface area contributed by atoms with E-state index in [1.54, 1.807) is 7.11 Å². The minimum Gasteiger partial charge on any atom is -0.497 e. The van der Waals surface area contributed by atoms with Gasteiger partial charge in [0.15, 0.2) is 0 Å². The molecule has 0 spiro atoms. The van der Waals surface area contributed by atoms with Crippen molar-refractivity contribution in [1.82, 2.24) is 0 Å². The predicted molar refractivity (Wildman–Crippen MR) is 92.1 cm³/mol. The fourth-order valence-electron chi connectivity index (χ4n) is 2.24. The molecule has 0 unspecified atom stereocenters. The fourth-order valence-corrected chi connectivity index (χ4v) is 2.24. The summed E-state index contributed by atoms with van der Waals surface area (Å²) in [4.78, 5) is 11.9. The van der Waals surface area contributed by atoms with Crippen molar-refractivity contribution in [2.24, 2.45) is 0 Å². The molecule has 0 aromatic heterocycles. The highest BCUT2D eigenvalue weighted by molar-refractivity contribution is 5.72. The minimum atomic E-state index is -0.218. The summed E-state index contributed by atoms with van der Waals surface area (Å²) in [5.41, 5.74) is 2.40. The van der Waals surface area contributed by atoms with Crippen molar-refractivity contribution in [1.29, 1.82) is 0 Å². The predicted octanol–water partition coefficient (Wildman–Crippen LogP) is 4.53. The molecule has 0 bridgehead atoms. The van der Waals surface area contributed by atoms with Gasteiger partial charge in [-0.3, -0.25) is 4.79 Å². The number of carbonyl (C=O) groups excluding carboxylic acids is 1. The van der Waals surface area contributed by atoms with E-state index in [-0.39, 0.29) is 11.4 Å². The van der Waals surface area contributed by atoms with Crippen LogP contribution >= 0.6 is 0 Å². The summed E-state index contributed by atoms with van der Waals surface area (Å²) in [6.45, 7) is 6.47. The van der Waals surface area contributed by atoms with Crippen LogP contribution < -0.4 is 9.47 Å². The molecular formula is C20H24O3. The number of esters is 1. The van der Waals surface area contributed by atoms with Gasteiger partial charge < -0.3 is 9.47 Å². The number of methoxy groups -OCH3 is 1. The first-order chi connectivity index (χ1) is 10.9. The molecule has 2 aromatic rings. The van der Waals surface area contributed by atoms with Gasteiger partial charge in [-0.1, -0.05) is 45.0 Å². The van der Waals surface area contributed by atoms with Gasteiger partial charge in [0.05, 0.1) is 7.11 Å². The summed E-state index contributed by atoms with van der Waals surface area (Å²) >= 11 is 0. The zero-order valence-corrected chi connectivity index (χ0v) is 14.3. The van der Waals surface area contributed by atoms with E-state index < -0.39 is 0 Å². The molecule has 0 aliphatic carbocycles. The van der Waals surface area contributed by atoms with Crippen molar-refractivity contribution in [3.05, 3.63) is 59.7 Å². The van der Waals surface area contributed by atoms with Gasteiger partial charge in [0.1, 0.15) is 11.5 Å². The molecule has 0 atom stereocenters. The summed E-state index contributed by atoms with van der Waals surface area (Å²) in [6, 6.07) is 15.4. The SMILES string of the molecule is COc1ccc(CCC(=O)Oc2ccc(C(C)(C)C)cc2)cc1. The molecule has 2 rings (SSSR count). The van der Waals surface area contributed by atoms with E-state index >= 15 is 0 Å². The Labute approximate surface area is 138 Å². The number of rotatable bonds is 5. The quantitative estimate of drug-likeness (QED) is 0.601. The Bertz CT molecular complexity index is 634. The van der Waals surface area contributed by atoms with Gasteiger partial charge >= 0.3 is 5.97 Å². The molecule has 0 saturated carbocycles. The molecule has 0 radical (unpaired) electrons. The Hall–Kier alpha value is -2.29. The topological polar surface area (TPSA) is 35.5 Å². The van der Waals surface area contributed by atoms with E-state index in [1.807, 2.05) is 48.5 Å². The average Bonchev–Trinajstić information content (AvgIpc) is 2.53. The van der Waals surface area contributed by atoms with Crippen molar-refractivity contribution < 1.29 is 14.3 Å². The Morgan fingerprint density at radius 3 is 2.00 bits per heavy atom. The van der Waals surface area contributed by atoms with Crippen molar-refractivity contribution >= 4 is 5.97 Å². The summed E-state index contributed by atoms with van der Waals surface area (Å²) in [5, 5.41) is 0. The number of aryl methyl sites for hydroxylation is 1. The van der Waals surface area contributed by atoms with Gasteiger partial charge in [-0.05, 0) is 47.2 Å². The second kappa shape index (κ2) is 7.32. The van der Waals surface area contributed by atoms with E-state index in [2.05, 4.69) is 20.8 Å². The van der Waals surface area contributed by atoms with Crippen LogP contribution in [0.15, 0.2) is 48.5 Å². The maximum Gasteiger partial charge on any atom is 0.311 e. The van der Waals surface area contributed by atoms with Crippen LogP contribution in [0.5, 0.6) is 11.5 Å². The Morgan fingerprint density at radius 1 is 0.913 bits per heavy atom. The lowest BCUT2D eigenvalue weighted by molar-refractivity contribution is -0.134. The molecule has 0 amide bonds. The molecule has 0 aliphatic heterocycles. The first-order valence-corrected chi connectivity index (χ1v) is 7.82. The molecule has 23 heavy (non-hydrogen) atoms. The molecule has 3 heteroatoms. The summed E-state index contributed by atoms with van der Waals surface area (Å²) in [5.74, 6) is 1.19. The third-order valence-corrected chi connectivity index (χ3v) is 3.73. The van der Waals surface area contributed by atoms with Crippen molar-refractivity contribution in [2.75, 3.05) is 7.11 Å². The van der Waals surface area contributed by atoms with Gasteiger partial charge in [0.25, 0.3) is 0 Å². The fraction of sp³-hybridized carbons (Fsp3) is 0.350. The van der Waals surface area contributed by atoms with Crippen LogP contribution in [-0.4, -0.2) is 13.1 Å². The standard InChI is InChI=1S/C20H24O3/c1-20(2,3)16-8-12-18(13-9-16)23-19(21)14-7-15-5-10-17(22-4)11-6-15/h5-6,8-13H,7,14H2,1-4H3. The molecule has 2 aromatic carbocycles. The molecular weight excluding hydrogens is 288 g/mol. The van der Waals surface area contributed by atoms with Gasteiger partial charge in [-0.25, -0.2) is 0 Å². The molecule has 0 aliphatic rings. The Kier molecular flexibility index (Phi) is 5.43. The molecule has 0 fully saturated rings. The third-order valence-electron chi connectivity index (χ3n) is 3.73. The summed E-state index contributed by atoms with van der Waals surface area (Å²) < 4.78 is 10.5. The van der Waals surface area contributed by atoms with Crippen LogP contribution in [0, 0.1) is 0 Å². The monoisotopic (exact) mass is 312 g/mol. The lowest BCUT2D eigenvalue weighted by Gasteiger charge is -2.19. The highest BCUT2D eigenvalue weighted by Gasteiger charge is 2.13. The third kappa shape index (κ3) is 5.13. The molecule has 122 valence electrons. The number of benzene rings is 2. The zero-order valence-electron chi connectivity index (χ0n) is 14.3. The van der Waals surface area contributed by atoms with E-state index in [4.69, 9.17) is 9.47 Å². The van der Waals surface area contributed by atoms with Gasteiger partial charge in [0, 0.05) is 6.42 Å². The second-order valence-corrected chi connectivity index (χ2v) is 6.60. The molecule has 0 N–H and O–H groups in total. The maximum atomic E-state index is 11.9. The summed E-state index contributed by atoms with van der Waals surface area (Å²) in [7, 11) is 1.64. The van der Waals surface area contributed by atoms with Crippen molar-refractivity contribution in [3.8, 4) is 11.5 Å². The normalized spacial score (nSPS) is 11.1. The lowest BCUT2D eigenvalue weighted by atomic mass is 9.87. The average molecular weight is 312 g/mol. The van der Waals surface area contributed by atoms with E-state index in [0.29, 0.717) is 18.6 Å². The van der Waals surface area contributed by atoms with Crippen LogP contribution in [0.4, 0.5) is 0 Å². The van der Waals surface area contributed by atoms with Crippen LogP contribution in [-0.2, 0) is 16.6 Å². The maximum absolute atomic E-state index is 11.9. The van der Waals surface area contributed by atoms with Gasteiger partial charge in [-0.15, -0.1) is 0 Å². The Morgan fingerprint density at radius 2 is 1.48 bits per heavy atom. The van der Waals surface area contributed by atoms with Crippen LogP contribution in [0.25, 0.3) is 0 Å². The van der Waals surface area contributed by atoms with Crippen molar-refractivity contribution in [3.63, 3.8) is 0 Å². The highest BCUT2D eigenvalue weighted by Crippen LogP contribution is 2.24. The van der Waals surface area contributed by atoms with Crippen LogP contribution in [0.2, 0.25) is 0 Å². The van der Waals surface area contributed by atoms with E-state index in [1.165, 1.54) is 5.56 Å². The van der Waals surface area contributed by atoms with Gasteiger partial charge in [-0.2, -0.15) is 0 Å². The smallest absolute Gasteiger partial charge is 0.311 e. The minimum absolute atomic E-state index is 0.0942. The molecule has 0 heterocycles. The number of hydrogen-bond acceptors (Lipinski definition) is 3. The van der Waals surface area contributed by atoms with Gasteiger partial charge in [0.2, 0.25) is 0 Å². The first kappa shape index (κ1) is 17.1. The summed E-state index contributed by atoms with van der Waals surface area (Å²) in [6.07, 6.45) is 1.01.